The molecule has 0 radical (unpaired) electrons. The van der Waals surface area contributed by atoms with Crippen LogP contribution in [0.4, 0.5) is 0 Å². The van der Waals surface area contributed by atoms with Crippen LogP contribution in [0, 0.1) is 6.92 Å². The Labute approximate surface area is 135 Å². The zero-order valence-corrected chi connectivity index (χ0v) is 13.1. The van der Waals surface area contributed by atoms with E-state index in [1.54, 1.807) is 6.92 Å². The Morgan fingerprint density at radius 3 is 2.86 bits per heavy atom. The lowest BCUT2D eigenvalue weighted by molar-refractivity contribution is -0.280. The molecule has 0 aromatic carbocycles. The number of halogens is 2. The second-order valence-corrected chi connectivity index (χ2v) is 6.51. The number of rotatable bonds is 2. The van der Waals surface area contributed by atoms with Crippen molar-refractivity contribution in [3.8, 4) is 0 Å². The number of fused-ring (bicyclic) bond motifs is 1. The zero-order valence-electron chi connectivity index (χ0n) is 11.6. The van der Waals surface area contributed by atoms with Gasteiger partial charge in [0.1, 0.15) is 17.2 Å². The molecule has 2 aliphatic heterocycles. The Bertz CT molecular complexity index is 675. The highest BCUT2D eigenvalue weighted by Crippen LogP contribution is 2.36. The van der Waals surface area contributed by atoms with E-state index in [1.165, 1.54) is 10.8 Å². The van der Waals surface area contributed by atoms with Gasteiger partial charge in [-0.05, 0) is 6.92 Å². The molecular formula is C12H15Cl2N3O5. The highest BCUT2D eigenvalue weighted by molar-refractivity contribution is 6.44. The quantitative estimate of drug-likeness (QED) is 0.746. The number of nitrogens with zero attached hydrogens (tertiary/aromatic N) is 2. The number of hydrogen-bond acceptors (Lipinski definition) is 6. The first-order chi connectivity index (χ1) is 10.4. The molecule has 0 aliphatic carbocycles. The van der Waals surface area contributed by atoms with Crippen LogP contribution in [0.2, 0.25) is 0 Å². The van der Waals surface area contributed by atoms with Gasteiger partial charge in [-0.3, -0.25) is 14.3 Å². The van der Waals surface area contributed by atoms with E-state index in [-0.39, 0.29) is 6.61 Å². The number of aromatic nitrogens is 2. The Morgan fingerprint density at radius 2 is 2.18 bits per heavy atom. The number of hydrogen-bond donors (Lipinski definition) is 2. The molecule has 0 saturated carbocycles. The number of hydroxylamine groups is 2. The summed E-state index contributed by atoms with van der Waals surface area (Å²) in [6, 6.07) is -0.400. The van der Waals surface area contributed by atoms with Crippen LogP contribution in [0.3, 0.4) is 0 Å². The minimum absolute atomic E-state index is 0.204. The van der Waals surface area contributed by atoms with E-state index in [0.29, 0.717) is 12.0 Å². The summed E-state index contributed by atoms with van der Waals surface area (Å²) in [7, 11) is 0. The lowest BCUT2D eigenvalue weighted by Crippen LogP contribution is -2.55. The summed E-state index contributed by atoms with van der Waals surface area (Å²) in [5.74, 6) is 0. The van der Waals surface area contributed by atoms with Gasteiger partial charge in [-0.1, -0.05) is 0 Å². The summed E-state index contributed by atoms with van der Waals surface area (Å²) >= 11 is 11.5. The van der Waals surface area contributed by atoms with Crippen molar-refractivity contribution in [3.63, 3.8) is 0 Å². The average Bonchev–Trinajstić information content (AvgIpc) is 2.87. The van der Waals surface area contributed by atoms with E-state index in [0.717, 1.165) is 5.06 Å². The molecule has 122 valence electrons. The molecule has 0 amide bonds. The number of aryl methyl sites for hydroxylation is 1. The molecular weight excluding hydrogens is 337 g/mol. The van der Waals surface area contributed by atoms with Gasteiger partial charge in [-0.2, -0.15) is 5.06 Å². The van der Waals surface area contributed by atoms with Gasteiger partial charge in [0.2, 0.25) is 0 Å². The van der Waals surface area contributed by atoms with Crippen LogP contribution in [0.25, 0.3) is 0 Å². The van der Waals surface area contributed by atoms with E-state index in [9.17, 15) is 14.8 Å². The third kappa shape index (κ3) is 2.70. The molecule has 1 aromatic heterocycles. The van der Waals surface area contributed by atoms with Crippen molar-refractivity contribution < 1.29 is 14.7 Å². The normalized spacial score (nSPS) is 32.4. The molecule has 1 aromatic rings. The van der Waals surface area contributed by atoms with Crippen molar-refractivity contribution >= 4 is 23.2 Å². The molecule has 22 heavy (non-hydrogen) atoms. The van der Waals surface area contributed by atoms with Crippen molar-refractivity contribution in [2.45, 2.75) is 42.8 Å². The predicted molar refractivity (Wildman–Crippen MR) is 77.2 cm³/mol. The highest BCUT2D eigenvalue weighted by Gasteiger charge is 2.47. The molecule has 3 heterocycles. The third-order valence-electron chi connectivity index (χ3n) is 3.91. The van der Waals surface area contributed by atoms with Gasteiger partial charge in [0.25, 0.3) is 5.56 Å². The lowest BCUT2D eigenvalue weighted by atomic mass is 10.1. The second kappa shape index (κ2) is 5.95. The third-order valence-corrected chi connectivity index (χ3v) is 4.34. The van der Waals surface area contributed by atoms with Crippen LogP contribution >= 0.6 is 23.2 Å². The lowest BCUT2D eigenvalue weighted by Gasteiger charge is -2.38. The van der Waals surface area contributed by atoms with Gasteiger partial charge < -0.3 is 14.7 Å². The minimum Gasteiger partial charge on any atom is -0.355 e. The van der Waals surface area contributed by atoms with Gasteiger partial charge in [-0.15, -0.1) is 23.2 Å². The van der Waals surface area contributed by atoms with Crippen molar-refractivity contribution in [2.24, 2.45) is 0 Å². The number of H-pyrrole nitrogens is 1. The fourth-order valence-corrected chi connectivity index (χ4v) is 3.14. The molecule has 2 N–H and O–H groups in total. The molecule has 2 aliphatic rings. The maximum atomic E-state index is 11.9. The van der Waals surface area contributed by atoms with Crippen LogP contribution in [0.15, 0.2) is 15.8 Å². The van der Waals surface area contributed by atoms with E-state index in [4.69, 9.17) is 32.7 Å². The Kier molecular flexibility index (Phi) is 4.32. The van der Waals surface area contributed by atoms with Crippen LogP contribution in [0.5, 0.6) is 0 Å². The summed E-state index contributed by atoms with van der Waals surface area (Å²) in [5, 5.41) is 11.1. The van der Waals surface area contributed by atoms with Gasteiger partial charge in [-0.25, -0.2) is 4.79 Å². The summed E-state index contributed by atoms with van der Waals surface area (Å²) in [6.07, 6.45) is -0.0974. The van der Waals surface area contributed by atoms with Gasteiger partial charge in [0, 0.05) is 18.2 Å². The number of ether oxygens (including phenoxy) is 2. The first-order valence-electron chi connectivity index (χ1n) is 6.73. The topological polar surface area (TPSA) is 96.8 Å². The first kappa shape index (κ1) is 16.0. The fourth-order valence-electron chi connectivity index (χ4n) is 2.76. The van der Waals surface area contributed by atoms with E-state index < -0.39 is 40.7 Å². The molecule has 8 nitrogen and oxygen atoms in total. The maximum Gasteiger partial charge on any atom is 0.330 e. The van der Waals surface area contributed by atoms with Gasteiger partial charge in [0.05, 0.1) is 12.6 Å². The molecule has 4 atom stereocenters. The van der Waals surface area contributed by atoms with Crippen molar-refractivity contribution in [1.82, 2.24) is 14.6 Å². The number of alkyl halides is 2. The SMILES string of the molecule is Cc1cn([C@H]2C[C@@H]3[C@@H](COC(C(Cl)Cl)N3O)O2)c(=O)[nH]c1=O. The van der Waals surface area contributed by atoms with Crippen molar-refractivity contribution in [2.75, 3.05) is 6.61 Å². The van der Waals surface area contributed by atoms with Crippen molar-refractivity contribution in [3.05, 3.63) is 32.6 Å². The highest BCUT2D eigenvalue weighted by atomic mass is 35.5. The molecule has 3 rings (SSSR count). The molecule has 10 heteroatoms. The Morgan fingerprint density at radius 1 is 1.45 bits per heavy atom. The summed E-state index contributed by atoms with van der Waals surface area (Å²) in [6.45, 7) is 1.80. The monoisotopic (exact) mass is 351 g/mol. The van der Waals surface area contributed by atoms with Crippen LogP contribution in [-0.4, -0.2) is 49.6 Å². The van der Waals surface area contributed by atoms with Gasteiger partial charge >= 0.3 is 5.69 Å². The van der Waals surface area contributed by atoms with Crippen molar-refractivity contribution in [1.29, 1.82) is 0 Å². The Hall–Kier alpha value is -0.900. The van der Waals surface area contributed by atoms with E-state index in [1.807, 2.05) is 0 Å². The summed E-state index contributed by atoms with van der Waals surface area (Å²) < 4.78 is 12.4. The Balaban J connectivity index is 1.85. The van der Waals surface area contributed by atoms with Crippen LogP contribution < -0.4 is 11.2 Å². The van der Waals surface area contributed by atoms with Gasteiger partial charge in [0.15, 0.2) is 6.23 Å². The van der Waals surface area contributed by atoms with Crippen LogP contribution in [0.1, 0.15) is 18.2 Å². The smallest absolute Gasteiger partial charge is 0.330 e. The second-order valence-electron chi connectivity index (χ2n) is 5.35. The number of nitrogens with one attached hydrogen (secondary N) is 1. The zero-order chi connectivity index (χ0) is 16.0. The first-order valence-corrected chi connectivity index (χ1v) is 7.60. The largest absolute Gasteiger partial charge is 0.355 e. The predicted octanol–water partition coefficient (Wildman–Crippen LogP) is 0.352. The fraction of sp³-hybridized carbons (Fsp3) is 0.667. The van der Waals surface area contributed by atoms with E-state index in [2.05, 4.69) is 4.98 Å². The maximum absolute atomic E-state index is 11.9. The summed E-state index contributed by atoms with van der Waals surface area (Å²) in [5.41, 5.74) is -0.598. The molecule has 0 bridgehead atoms. The average molecular weight is 352 g/mol. The number of aromatic amines is 1. The van der Waals surface area contributed by atoms with Crippen LogP contribution in [-0.2, 0) is 9.47 Å². The standard InChI is InChI=1S/C12H15Cl2N3O5/c1-5-3-16(12(19)15-10(5)18)8-2-6-7(22-8)4-21-11(9(13)14)17(6)20/h3,6-9,11,20H,2,4H2,1H3,(H,15,18,19)/t6-,7-,8-,11?/m1/s1. The molecule has 0 spiro atoms. The molecule has 2 fully saturated rings. The minimum atomic E-state index is -0.914. The molecule has 2 saturated heterocycles. The molecule has 1 unspecified atom stereocenters. The summed E-state index contributed by atoms with van der Waals surface area (Å²) in [4.78, 5) is 24.6. The van der Waals surface area contributed by atoms with E-state index >= 15 is 0 Å².